The van der Waals surface area contributed by atoms with E-state index in [0.717, 1.165) is 6.07 Å². The van der Waals surface area contributed by atoms with E-state index in [1.165, 1.54) is 18.3 Å². The van der Waals surface area contributed by atoms with Gasteiger partial charge in [-0.3, -0.25) is 4.98 Å². The monoisotopic (exact) mass is 311 g/mol. The Morgan fingerprint density at radius 2 is 1.90 bits per heavy atom. The minimum Gasteiger partial charge on any atom is -0.388 e. The fraction of sp³-hybridized carbons (Fsp3) is 0.143. The van der Waals surface area contributed by atoms with Gasteiger partial charge in [0.05, 0.1) is 23.1 Å². The summed E-state index contributed by atoms with van der Waals surface area (Å²) in [6.07, 6.45) is -2.89. The van der Waals surface area contributed by atoms with Crippen LogP contribution in [-0.4, -0.2) is 9.97 Å². The second-order valence-electron chi connectivity index (χ2n) is 4.30. The van der Waals surface area contributed by atoms with Crippen molar-refractivity contribution in [2.24, 2.45) is 5.73 Å². The van der Waals surface area contributed by atoms with Crippen molar-refractivity contribution in [3.05, 3.63) is 59.4 Å². The van der Waals surface area contributed by atoms with Crippen molar-refractivity contribution < 1.29 is 13.2 Å². The van der Waals surface area contributed by atoms with Gasteiger partial charge in [-0.25, -0.2) is 0 Å². The molecule has 3 N–H and O–H groups in total. The largest absolute Gasteiger partial charge is 0.416 e. The maximum absolute atomic E-state index is 12.8. The topological polar surface area (TPSA) is 50.9 Å². The average Bonchev–Trinajstić information content (AvgIpc) is 2.45. The molecule has 1 aromatic carbocycles. The van der Waals surface area contributed by atoms with Gasteiger partial charge in [0, 0.05) is 6.54 Å². The van der Waals surface area contributed by atoms with Crippen LogP contribution in [0.2, 0.25) is 0 Å². The lowest BCUT2D eigenvalue weighted by Gasteiger charge is -2.13. The number of rotatable bonds is 4. The highest BCUT2D eigenvalue weighted by Gasteiger charge is 2.32. The third-order valence-corrected chi connectivity index (χ3v) is 3.03. The van der Waals surface area contributed by atoms with Crippen molar-refractivity contribution in [2.75, 3.05) is 5.32 Å². The zero-order valence-corrected chi connectivity index (χ0v) is 11.6. The predicted octanol–water partition coefficient (Wildman–Crippen LogP) is 3.35. The molecule has 0 aliphatic carbocycles. The second kappa shape index (κ2) is 6.09. The number of nitrogens with zero attached hydrogens (tertiary/aromatic N) is 1. The number of halogens is 3. The predicted molar refractivity (Wildman–Crippen MR) is 78.9 cm³/mol. The molecule has 2 rings (SSSR count). The third kappa shape index (κ3) is 3.91. The van der Waals surface area contributed by atoms with Gasteiger partial charge >= 0.3 is 6.18 Å². The first-order valence-corrected chi connectivity index (χ1v) is 6.43. The van der Waals surface area contributed by atoms with Gasteiger partial charge in [-0.15, -0.1) is 0 Å². The highest BCUT2D eigenvalue weighted by Crippen LogP contribution is 2.32. The number of nitrogens with one attached hydrogen (secondary N) is 1. The van der Waals surface area contributed by atoms with Gasteiger partial charge in [0.15, 0.2) is 0 Å². The molecule has 0 amide bonds. The van der Waals surface area contributed by atoms with Crippen molar-refractivity contribution >= 4 is 22.9 Å². The minimum atomic E-state index is -4.37. The maximum atomic E-state index is 12.8. The number of hydrogen-bond donors (Lipinski definition) is 2. The SMILES string of the molecule is NC(=S)c1ccc(NCc2ccccc2C(F)(F)F)cn1. The lowest BCUT2D eigenvalue weighted by molar-refractivity contribution is -0.138. The summed E-state index contributed by atoms with van der Waals surface area (Å²) in [4.78, 5) is 4.18. The number of nitrogens with two attached hydrogens (primary N) is 1. The Kier molecular flexibility index (Phi) is 4.42. The summed E-state index contributed by atoms with van der Waals surface area (Å²) in [6, 6.07) is 8.71. The van der Waals surface area contributed by atoms with Crippen LogP contribution in [0.25, 0.3) is 0 Å². The Morgan fingerprint density at radius 1 is 1.19 bits per heavy atom. The van der Waals surface area contributed by atoms with Crippen molar-refractivity contribution in [1.82, 2.24) is 4.98 Å². The summed E-state index contributed by atoms with van der Waals surface area (Å²) in [6.45, 7) is 0.0454. The van der Waals surface area contributed by atoms with Gasteiger partial charge in [-0.1, -0.05) is 30.4 Å². The van der Waals surface area contributed by atoms with E-state index in [1.54, 1.807) is 18.2 Å². The lowest BCUT2D eigenvalue weighted by atomic mass is 10.1. The van der Waals surface area contributed by atoms with Crippen LogP contribution in [0.4, 0.5) is 18.9 Å². The van der Waals surface area contributed by atoms with Gasteiger partial charge in [-0.2, -0.15) is 13.2 Å². The summed E-state index contributed by atoms with van der Waals surface area (Å²) < 4.78 is 38.5. The van der Waals surface area contributed by atoms with Crippen molar-refractivity contribution in [3.8, 4) is 0 Å². The first-order valence-electron chi connectivity index (χ1n) is 6.03. The van der Waals surface area contributed by atoms with E-state index in [0.29, 0.717) is 11.4 Å². The van der Waals surface area contributed by atoms with Crippen LogP contribution >= 0.6 is 12.2 Å². The van der Waals surface area contributed by atoms with E-state index in [9.17, 15) is 13.2 Å². The molecule has 0 bridgehead atoms. The first-order chi connectivity index (χ1) is 9.88. The van der Waals surface area contributed by atoms with Gasteiger partial charge in [-0.05, 0) is 23.8 Å². The molecule has 7 heteroatoms. The molecule has 110 valence electrons. The summed E-state index contributed by atoms with van der Waals surface area (Å²) in [5.41, 5.74) is 6.00. The van der Waals surface area contributed by atoms with Crippen LogP contribution in [0.15, 0.2) is 42.6 Å². The summed E-state index contributed by atoms with van der Waals surface area (Å²) in [5.74, 6) is 0. The lowest BCUT2D eigenvalue weighted by Crippen LogP contribution is -2.13. The second-order valence-corrected chi connectivity index (χ2v) is 4.74. The Bertz CT molecular complexity index is 639. The van der Waals surface area contributed by atoms with Gasteiger partial charge in [0.2, 0.25) is 0 Å². The Labute approximate surface area is 125 Å². The fourth-order valence-corrected chi connectivity index (χ4v) is 1.91. The van der Waals surface area contributed by atoms with Crippen LogP contribution in [-0.2, 0) is 12.7 Å². The Morgan fingerprint density at radius 3 is 2.48 bits per heavy atom. The molecule has 0 radical (unpaired) electrons. The van der Waals surface area contributed by atoms with Crippen molar-refractivity contribution in [1.29, 1.82) is 0 Å². The molecule has 0 fully saturated rings. The number of thiocarbonyl (C=S) groups is 1. The molecule has 1 aromatic heterocycles. The molecule has 2 aromatic rings. The number of pyridine rings is 1. The Hall–Kier alpha value is -2.15. The minimum absolute atomic E-state index is 0.0454. The smallest absolute Gasteiger partial charge is 0.388 e. The molecular formula is C14H12F3N3S. The molecule has 3 nitrogen and oxygen atoms in total. The molecule has 0 spiro atoms. The molecule has 1 heterocycles. The van der Waals surface area contributed by atoms with Crippen LogP contribution in [0.3, 0.4) is 0 Å². The summed E-state index contributed by atoms with van der Waals surface area (Å²) in [5, 5.41) is 2.89. The molecule has 0 saturated heterocycles. The third-order valence-electron chi connectivity index (χ3n) is 2.82. The van der Waals surface area contributed by atoms with Gasteiger partial charge in [0.25, 0.3) is 0 Å². The highest BCUT2D eigenvalue weighted by molar-refractivity contribution is 7.80. The Balaban J connectivity index is 2.12. The van der Waals surface area contributed by atoms with E-state index in [-0.39, 0.29) is 17.1 Å². The van der Waals surface area contributed by atoms with E-state index in [4.69, 9.17) is 18.0 Å². The van der Waals surface area contributed by atoms with Crippen LogP contribution in [0.1, 0.15) is 16.8 Å². The number of anilines is 1. The number of benzene rings is 1. The van der Waals surface area contributed by atoms with Crippen molar-refractivity contribution in [2.45, 2.75) is 12.7 Å². The van der Waals surface area contributed by atoms with Crippen LogP contribution in [0, 0.1) is 0 Å². The van der Waals surface area contributed by atoms with Gasteiger partial charge < -0.3 is 11.1 Å². The molecule has 0 aliphatic rings. The quantitative estimate of drug-likeness (QED) is 0.850. The van der Waals surface area contributed by atoms with E-state index in [1.807, 2.05) is 0 Å². The highest BCUT2D eigenvalue weighted by atomic mass is 32.1. The molecule has 0 saturated carbocycles. The average molecular weight is 311 g/mol. The van der Waals surface area contributed by atoms with E-state index < -0.39 is 11.7 Å². The van der Waals surface area contributed by atoms with Crippen LogP contribution in [0.5, 0.6) is 0 Å². The molecule has 0 atom stereocenters. The first kappa shape index (κ1) is 15.2. The maximum Gasteiger partial charge on any atom is 0.416 e. The number of alkyl halides is 3. The molecule has 0 unspecified atom stereocenters. The molecular weight excluding hydrogens is 299 g/mol. The number of hydrogen-bond acceptors (Lipinski definition) is 3. The normalized spacial score (nSPS) is 11.2. The van der Waals surface area contributed by atoms with Gasteiger partial charge in [0.1, 0.15) is 4.99 Å². The molecule has 0 aliphatic heterocycles. The standard InChI is InChI=1S/C14H12F3N3S/c15-14(16,17)11-4-2-1-3-9(11)7-19-10-5-6-12(13(18)21)20-8-10/h1-6,8,19H,7H2,(H2,18,21). The fourth-order valence-electron chi connectivity index (χ4n) is 1.79. The van der Waals surface area contributed by atoms with E-state index in [2.05, 4.69) is 10.3 Å². The molecule has 21 heavy (non-hydrogen) atoms. The zero-order valence-electron chi connectivity index (χ0n) is 10.8. The number of aromatic nitrogens is 1. The van der Waals surface area contributed by atoms with Crippen LogP contribution < -0.4 is 11.1 Å². The van der Waals surface area contributed by atoms with Crippen molar-refractivity contribution in [3.63, 3.8) is 0 Å². The zero-order chi connectivity index (χ0) is 15.5. The van der Waals surface area contributed by atoms with E-state index >= 15 is 0 Å². The summed E-state index contributed by atoms with van der Waals surface area (Å²) in [7, 11) is 0. The summed E-state index contributed by atoms with van der Waals surface area (Å²) >= 11 is 4.77.